The van der Waals surface area contributed by atoms with Gasteiger partial charge in [0, 0.05) is 12.7 Å². The molecule has 0 radical (unpaired) electrons. The lowest BCUT2D eigenvalue weighted by Crippen LogP contribution is -2.04. The number of anilines is 2. The summed E-state index contributed by atoms with van der Waals surface area (Å²) in [6.45, 7) is 4.44. The van der Waals surface area contributed by atoms with E-state index in [2.05, 4.69) is 10.3 Å². The summed E-state index contributed by atoms with van der Waals surface area (Å²) in [6, 6.07) is 3.74. The average molecular weight is 237 g/mol. The molecule has 0 saturated carbocycles. The van der Waals surface area contributed by atoms with Crippen LogP contribution in [-0.4, -0.2) is 9.55 Å². The number of rotatable bonds is 3. The van der Waals surface area contributed by atoms with Crippen molar-refractivity contribution in [1.82, 2.24) is 9.55 Å². The zero-order valence-corrected chi connectivity index (χ0v) is 9.67. The maximum atomic E-state index is 13.4. The van der Waals surface area contributed by atoms with E-state index in [1.165, 1.54) is 18.2 Å². The number of imidazole rings is 1. The lowest BCUT2D eigenvalue weighted by Gasteiger charge is -2.09. The Morgan fingerprint density at radius 1 is 1.29 bits per heavy atom. The zero-order chi connectivity index (χ0) is 12.4. The van der Waals surface area contributed by atoms with E-state index in [0.717, 1.165) is 5.69 Å². The fraction of sp³-hybridized carbons (Fsp3) is 0.250. The minimum atomic E-state index is -0.631. The van der Waals surface area contributed by atoms with Crippen molar-refractivity contribution >= 4 is 11.6 Å². The molecule has 2 aromatic rings. The van der Waals surface area contributed by atoms with Crippen molar-refractivity contribution in [2.75, 3.05) is 5.32 Å². The van der Waals surface area contributed by atoms with Crippen molar-refractivity contribution in [3.8, 4) is 0 Å². The SMILES string of the molecule is CCn1cc(C)nc1Nc1c(F)cccc1F. The number of halogens is 2. The fourth-order valence-corrected chi connectivity index (χ4v) is 1.62. The molecule has 5 heteroatoms. The van der Waals surface area contributed by atoms with Gasteiger partial charge in [0.15, 0.2) is 0 Å². The maximum absolute atomic E-state index is 13.4. The van der Waals surface area contributed by atoms with Crippen molar-refractivity contribution in [2.45, 2.75) is 20.4 Å². The number of nitrogens with zero attached hydrogens (tertiary/aromatic N) is 2. The van der Waals surface area contributed by atoms with Crippen LogP contribution < -0.4 is 5.32 Å². The van der Waals surface area contributed by atoms with E-state index in [0.29, 0.717) is 12.5 Å². The molecule has 0 aliphatic carbocycles. The standard InChI is InChI=1S/C12H13F2N3/c1-3-17-7-8(2)15-12(17)16-11-9(13)5-4-6-10(11)14/h4-7H,3H2,1-2H3,(H,15,16). The molecule has 0 unspecified atom stereocenters. The van der Waals surface area contributed by atoms with Crippen molar-refractivity contribution in [3.05, 3.63) is 41.7 Å². The lowest BCUT2D eigenvalue weighted by molar-refractivity contribution is 0.589. The zero-order valence-electron chi connectivity index (χ0n) is 9.67. The summed E-state index contributed by atoms with van der Waals surface area (Å²) in [7, 11) is 0. The summed E-state index contributed by atoms with van der Waals surface area (Å²) in [6.07, 6.45) is 1.82. The van der Waals surface area contributed by atoms with Crippen LogP contribution in [0, 0.1) is 18.6 Å². The number of benzene rings is 1. The summed E-state index contributed by atoms with van der Waals surface area (Å²) < 4.78 is 28.7. The molecule has 1 aromatic heterocycles. The predicted molar refractivity (Wildman–Crippen MR) is 62.3 cm³/mol. The number of hydrogen-bond donors (Lipinski definition) is 1. The van der Waals surface area contributed by atoms with E-state index in [1.54, 1.807) is 4.57 Å². The van der Waals surface area contributed by atoms with E-state index in [4.69, 9.17) is 0 Å². The smallest absolute Gasteiger partial charge is 0.207 e. The topological polar surface area (TPSA) is 29.9 Å². The van der Waals surface area contributed by atoms with Gasteiger partial charge in [-0.1, -0.05) is 6.07 Å². The Morgan fingerprint density at radius 3 is 2.53 bits per heavy atom. The third-order valence-corrected chi connectivity index (χ3v) is 2.44. The van der Waals surface area contributed by atoms with Gasteiger partial charge in [0.05, 0.1) is 5.69 Å². The lowest BCUT2D eigenvalue weighted by atomic mass is 10.3. The second-order valence-corrected chi connectivity index (χ2v) is 3.71. The van der Waals surface area contributed by atoms with Gasteiger partial charge < -0.3 is 9.88 Å². The van der Waals surface area contributed by atoms with Crippen molar-refractivity contribution in [2.24, 2.45) is 0 Å². The minimum Gasteiger partial charge on any atom is -0.321 e. The van der Waals surface area contributed by atoms with Crippen molar-refractivity contribution in [1.29, 1.82) is 0 Å². The van der Waals surface area contributed by atoms with Gasteiger partial charge in [-0.15, -0.1) is 0 Å². The molecule has 3 nitrogen and oxygen atoms in total. The van der Waals surface area contributed by atoms with E-state index in [9.17, 15) is 8.78 Å². The van der Waals surface area contributed by atoms with E-state index < -0.39 is 11.6 Å². The Labute approximate surface area is 98.1 Å². The molecule has 0 aliphatic rings. The van der Waals surface area contributed by atoms with Gasteiger partial charge >= 0.3 is 0 Å². The third-order valence-electron chi connectivity index (χ3n) is 2.44. The minimum absolute atomic E-state index is 0.173. The van der Waals surface area contributed by atoms with Gasteiger partial charge in [-0.2, -0.15) is 0 Å². The van der Waals surface area contributed by atoms with Gasteiger partial charge in [-0.05, 0) is 26.0 Å². The Morgan fingerprint density at radius 2 is 1.94 bits per heavy atom. The maximum Gasteiger partial charge on any atom is 0.207 e. The molecule has 0 bridgehead atoms. The molecule has 1 aromatic carbocycles. The summed E-state index contributed by atoms with van der Waals surface area (Å²) in [5, 5.41) is 2.68. The third kappa shape index (κ3) is 2.27. The van der Waals surface area contributed by atoms with Gasteiger partial charge in [0.25, 0.3) is 0 Å². The van der Waals surface area contributed by atoms with Crippen LogP contribution in [0.5, 0.6) is 0 Å². The summed E-state index contributed by atoms with van der Waals surface area (Å²) in [5.74, 6) is -0.824. The Balaban J connectivity index is 2.37. The Kier molecular flexibility index (Phi) is 3.08. The van der Waals surface area contributed by atoms with Crippen LogP contribution in [0.1, 0.15) is 12.6 Å². The largest absolute Gasteiger partial charge is 0.321 e. The van der Waals surface area contributed by atoms with Gasteiger partial charge in [0.1, 0.15) is 17.3 Å². The first-order valence-corrected chi connectivity index (χ1v) is 5.36. The number of hydrogen-bond acceptors (Lipinski definition) is 2. The molecule has 0 fully saturated rings. The molecule has 0 saturated heterocycles. The average Bonchev–Trinajstić information content (AvgIpc) is 2.64. The first kappa shape index (κ1) is 11.6. The van der Waals surface area contributed by atoms with Crippen LogP contribution in [-0.2, 0) is 6.54 Å². The highest BCUT2D eigenvalue weighted by atomic mass is 19.1. The highest BCUT2D eigenvalue weighted by molar-refractivity contribution is 5.55. The Bertz CT molecular complexity index is 514. The highest BCUT2D eigenvalue weighted by Crippen LogP contribution is 2.22. The second-order valence-electron chi connectivity index (χ2n) is 3.71. The van der Waals surface area contributed by atoms with Crippen LogP contribution >= 0.6 is 0 Å². The van der Waals surface area contributed by atoms with Crippen molar-refractivity contribution in [3.63, 3.8) is 0 Å². The van der Waals surface area contributed by atoms with Gasteiger partial charge in [-0.25, -0.2) is 13.8 Å². The molecule has 1 N–H and O–H groups in total. The van der Waals surface area contributed by atoms with Crippen molar-refractivity contribution < 1.29 is 8.78 Å². The molecule has 0 amide bonds. The van der Waals surface area contributed by atoms with E-state index in [1.807, 2.05) is 20.0 Å². The van der Waals surface area contributed by atoms with Crippen LogP contribution in [0.3, 0.4) is 0 Å². The first-order chi connectivity index (χ1) is 8.11. The van der Waals surface area contributed by atoms with Gasteiger partial charge in [0.2, 0.25) is 5.95 Å². The number of aromatic nitrogens is 2. The molecular formula is C12H13F2N3. The molecule has 1 heterocycles. The molecule has 2 rings (SSSR count). The first-order valence-electron chi connectivity index (χ1n) is 5.36. The molecule has 0 spiro atoms. The summed E-state index contributed by atoms with van der Waals surface area (Å²) in [5.41, 5.74) is 0.624. The fourth-order valence-electron chi connectivity index (χ4n) is 1.62. The van der Waals surface area contributed by atoms with E-state index >= 15 is 0 Å². The van der Waals surface area contributed by atoms with Crippen LogP contribution in [0.4, 0.5) is 20.4 Å². The van der Waals surface area contributed by atoms with Crippen LogP contribution in [0.2, 0.25) is 0 Å². The molecule has 90 valence electrons. The van der Waals surface area contributed by atoms with E-state index in [-0.39, 0.29) is 5.69 Å². The highest BCUT2D eigenvalue weighted by Gasteiger charge is 2.11. The van der Waals surface area contributed by atoms with Crippen LogP contribution in [0.15, 0.2) is 24.4 Å². The number of nitrogens with one attached hydrogen (secondary N) is 1. The summed E-state index contributed by atoms with van der Waals surface area (Å²) in [4.78, 5) is 4.18. The normalized spacial score (nSPS) is 10.6. The number of para-hydroxylation sites is 1. The number of aryl methyl sites for hydroxylation is 2. The predicted octanol–water partition coefficient (Wildman–Crippen LogP) is 3.23. The van der Waals surface area contributed by atoms with Gasteiger partial charge in [-0.3, -0.25) is 0 Å². The molecule has 17 heavy (non-hydrogen) atoms. The summed E-state index contributed by atoms with van der Waals surface area (Å²) >= 11 is 0. The molecular weight excluding hydrogens is 224 g/mol. The second kappa shape index (κ2) is 4.53. The molecule has 0 atom stereocenters. The van der Waals surface area contributed by atoms with Crippen LogP contribution in [0.25, 0.3) is 0 Å². The quantitative estimate of drug-likeness (QED) is 0.888. The molecule has 0 aliphatic heterocycles. The monoisotopic (exact) mass is 237 g/mol. The Hall–Kier alpha value is -1.91.